The summed E-state index contributed by atoms with van der Waals surface area (Å²) in [6.45, 7) is 0.425. The molecule has 3 N–H and O–H groups in total. The maximum atomic E-state index is 11.7. The number of aromatic nitrogens is 2. The summed E-state index contributed by atoms with van der Waals surface area (Å²) in [5.74, 6) is -0.829. The zero-order valence-corrected chi connectivity index (χ0v) is 11.1. The molecule has 0 radical (unpaired) electrons. The van der Waals surface area contributed by atoms with Crippen molar-refractivity contribution in [1.29, 1.82) is 0 Å². The second kappa shape index (κ2) is 6.31. The van der Waals surface area contributed by atoms with Gasteiger partial charge in [0.05, 0.1) is 17.7 Å². The first-order valence-corrected chi connectivity index (χ1v) is 6.64. The Labute approximate surface area is 116 Å². The standard InChI is InChI=1S/C13H18N4O3/c18-11(19)13(5-1-2-6-13)9-15-12(20)14-8-10-4-3-7-16-17-10/h3-4,7H,1-2,5-6,8-9H2,(H,18,19)(H2,14,15,20). The van der Waals surface area contributed by atoms with Gasteiger partial charge in [-0.05, 0) is 25.0 Å². The van der Waals surface area contributed by atoms with Crippen molar-refractivity contribution in [3.05, 3.63) is 24.0 Å². The van der Waals surface area contributed by atoms with Crippen LogP contribution in [0.3, 0.4) is 0 Å². The van der Waals surface area contributed by atoms with Gasteiger partial charge in [-0.2, -0.15) is 10.2 Å². The third kappa shape index (κ3) is 3.43. The highest BCUT2D eigenvalue weighted by molar-refractivity contribution is 5.78. The first-order valence-electron chi connectivity index (χ1n) is 6.64. The normalized spacial score (nSPS) is 16.6. The van der Waals surface area contributed by atoms with Gasteiger partial charge in [-0.25, -0.2) is 4.79 Å². The quantitative estimate of drug-likeness (QED) is 0.743. The van der Waals surface area contributed by atoms with Crippen molar-refractivity contribution < 1.29 is 14.7 Å². The summed E-state index contributed by atoms with van der Waals surface area (Å²) in [7, 11) is 0. The number of carbonyl (C=O) groups excluding carboxylic acids is 1. The number of aliphatic carboxylic acids is 1. The van der Waals surface area contributed by atoms with E-state index in [4.69, 9.17) is 0 Å². The van der Waals surface area contributed by atoms with E-state index in [0.717, 1.165) is 12.8 Å². The third-order valence-corrected chi connectivity index (χ3v) is 3.66. The van der Waals surface area contributed by atoms with Crippen LogP contribution in [0.2, 0.25) is 0 Å². The van der Waals surface area contributed by atoms with E-state index in [1.807, 2.05) is 0 Å². The van der Waals surface area contributed by atoms with Gasteiger partial charge >= 0.3 is 12.0 Å². The second-order valence-corrected chi connectivity index (χ2v) is 5.04. The minimum absolute atomic E-state index is 0.161. The van der Waals surface area contributed by atoms with Crippen LogP contribution < -0.4 is 10.6 Å². The van der Waals surface area contributed by atoms with Crippen molar-refractivity contribution >= 4 is 12.0 Å². The summed E-state index contributed by atoms with van der Waals surface area (Å²) in [6, 6.07) is 3.10. The van der Waals surface area contributed by atoms with Gasteiger partial charge in [0.25, 0.3) is 0 Å². The fourth-order valence-electron chi connectivity index (χ4n) is 2.43. The maximum Gasteiger partial charge on any atom is 0.315 e. The summed E-state index contributed by atoms with van der Waals surface area (Å²) in [4.78, 5) is 23.0. The lowest BCUT2D eigenvalue weighted by Crippen LogP contribution is -2.44. The number of hydrogen-bond donors (Lipinski definition) is 3. The van der Waals surface area contributed by atoms with Gasteiger partial charge in [0.2, 0.25) is 0 Å². The predicted octanol–water partition coefficient (Wildman–Crippen LogP) is 0.921. The molecule has 20 heavy (non-hydrogen) atoms. The van der Waals surface area contributed by atoms with Crippen molar-refractivity contribution in [1.82, 2.24) is 20.8 Å². The van der Waals surface area contributed by atoms with Crippen LogP contribution in [0, 0.1) is 5.41 Å². The molecule has 1 saturated carbocycles. The Hall–Kier alpha value is -2.18. The molecule has 1 fully saturated rings. The number of hydrogen-bond acceptors (Lipinski definition) is 4. The molecule has 7 heteroatoms. The van der Waals surface area contributed by atoms with E-state index in [-0.39, 0.29) is 19.1 Å². The molecule has 108 valence electrons. The Morgan fingerprint density at radius 2 is 2.05 bits per heavy atom. The van der Waals surface area contributed by atoms with Crippen LogP contribution in [0.15, 0.2) is 18.3 Å². The minimum atomic E-state index is -0.829. The van der Waals surface area contributed by atoms with Crippen molar-refractivity contribution in [3.8, 4) is 0 Å². The first-order chi connectivity index (χ1) is 9.62. The van der Waals surface area contributed by atoms with E-state index in [2.05, 4.69) is 20.8 Å². The Morgan fingerprint density at radius 3 is 2.65 bits per heavy atom. The number of nitrogens with zero attached hydrogens (tertiary/aromatic N) is 2. The van der Waals surface area contributed by atoms with Gasteiger partial charge < -0.3 is 15.7 Å². The summed E-state index contributed by atoms with van der Waals surface area (Å²) >= 11 is 0. The first kappa shape index (κ1) is 14.2. The van der Waals surface area contributed by atoms with Crippen LogP contribution in [-0.2, 0) is 11.3 Å². The lowest BCUT2D eigenvalue weighted by molar-refractivity contribution is -0.148. The summed E-state index contributed by atoms with van der Waals surface area (Å²) in [5, 5.41) is 22.1. The SMILES string of the molecule is O=C(NCc1cccnn1)NCC1(C(=O)O)CCCC1. The number of nitrogens with one attached hydrogen (secondary N) is 2. The molecule has 0 aromatic carbocycles. The van der Waals surface area contributed by atoms with Crippen LogP contribution in [0.25, 0.3) is 0 Å². The van der Waals surface area contributed by atoms with Gasteiger partial charge in [-0.1, -0.05) is 12.8 Å². The zero-order valence-electron chi connectivity index (χ0n) is 11.1. The second-order valence-electron chi connectivity index (χ2n) is 5.04. The topological polar surface area (TPSA) is 104 Å². The van der Waals surface area contributed by atoms with Gasteiger partial charge in [-0.15, -0.1) is 0 Å². The van der Waals surface area contributed by atoms with Gasteiger partial charge in [0, 0.05) is 12.7 Å². The van der Waals surface area contributed by atoms with E-state index >= 15 is 0 Å². The van der Waals surface area contributed by atoms with Gasteiger partial charge in [-0.3, -0.25) is 4.79 Å². The summed E-state index contributed by atoms with van der Waals surface area (Å²) in [5.41, 5.74) is -0.152. The third-order valence-electron chi connectivity index (χ3n) is 3.66. The smallest absolute Gasteiger partial charge is 0.315 e. The highest BCUT2D eigenvalue weighted by Gasteiger charge is 2.41. The monoisotopic (exact) mass is 278 g/mol. The van der Waals surface area contributed by atoms with E-state index < -0.39 is 11.4 Å². The summed E-state index contributed by atoms with van der Waals surface area (Å²) in [6.07, 6.45) is 4.59. The van der Waals surface area contributed by atoms with Crippen molar-refractivity contribution in [2.24, 2.45) is 5.41 Å². The molecule has 0 unspecified atom stereocenters. The molecule has 1 aliphatic carbocycles. The van der Waals surface area contributed by atoms with Crippen LogP contribution in [0.4, 0.5) is 4.79 Å². The molecule has 0 saturated heterocycles. The molecule has 0 atom stereocenters. The zero-order chi connectivity index (χ0) is 14.4. The van der Waals surface area contributed by atoms with E-state index in [0.29, 0.717) is 18.5 Å². The van der Waals surface area contributed by atoms with E-state index in [1.54, 1.807) is 18.3 Å². The lowest BCUT2D eigenvalue weighted by Gasteiger charge is -2.23. The van der Waals surface area contributed by atoms with E-state index in [9.17, 15) is 14.7 Å². The van der Waals surface area contributed by atoms with Crippen molar-refractivity contribution in [2.45, 2.75) is 32.2 Å². The Balaban J connectivity index is 1.78. The fraction of sp³-hybridized carbons (Fsp3) is 0.538. The highest BCUT2D eigenvalue weighted by atomic mass is 16.4. The molecular formula is C13H18N4O3. The number of carboxylic acid groups (broad SMARTS) is 1. The van der Waals surface area contributed by atoms with Crippen LogP contribution in [0.5, 0.6) is 0 Å². The molecule has 0 aliphatic heterocycles. The fourth-order valence-corrected chi connectivity index (χ4v) is 2.43. The number of carbonyl (C=O) groups is 2. The molecule has 2 amide bonds. The summed E-state index contributed by atoms with van der Waals surface area (Å²) < 4.78 is 0. The maximum absolute atomic E-state index is 11.7. The Bertz CT molecular complexity index is 472. The number of amides is 2. The molecule has 1 aromatic rings. The molecular weight excluding hydrogens is 260 g/mol. The lowest BCUT2D eigenvalue weighted by atomic mass is 9.86. The molecule has 2 rings (SSSR count). The van der Waals surface area contributed by atoms with Crippen molar-refractivity contribution in [3.63, 3.8) is 0 Å². The number of carboxylic acids is 1. The molecule has 1 heterocycles. The minimum Gasteiger partial charge on any atom is -0.481 e. The molecule has 7 nitrogen and oxygen atoms in total. The average molecular weight is 278 g/mol. The van der Waals surface area contributed by atoms with Gasteiger partial charge in [0.1, 0.15) is 0 Å². The number of urea groups is 1. The Morgan fingerprint density at radius 1 is 1.30 bits per heavy atom. The largest absolute Gasteiger partial charge is 0.481 e. The van der Waals surface area contributed by atoms with Gasteiger partial charge in [0.15, 0.2) is 0 Å². The van der Waals surface area contributed by atoms with E-state index in [1.165, 1.54) is 0 Å². The molecule has 0 spiro atoms. The van der Waals surface area contributed by atoms with Crippen LogP contribution in [0.1, 0.15) is 31.4 Å². The molecule has 1 aliphatic rings. The highest BCUT2D eigenvalue weighted by Crippen LogP contribution is 2.37. The molecule has 0 bridgehead atoms. The number of rotatable bonds is 5. The molecule has 1 aromatic heterocycles. The van der Waals surface area contributed by atoms with Crippen LogP contribution >= 0.6 is 0 Å². The van der Waals surface area contributed by atoms with Crippen molar-refractivity contribution in [2.75, 3.05) is 6.54 Å². The average Bonchev–Trinajstić information content (AvgIpc) is 2.94. The van der Waals surface area contributed by atoms with Crippen LogP contribution in [-0.4, -0.2) is 33.8 Å². The predicted molar refractivity (Wildman–Crippen MR) is 70.8 cm³/mol. The Kier molecular flexibility index (Phi) is 4.49.